The molecule has 1 atom stereocenters. The summed E-state index contributed by atoms with van der Waals surface area (Å²) in [6.45, 7) is 1.90. The Labute approximate surface area is 148 Å². The van der Waals surface area contributed by atoms with Crippen LogP contribution in [-0.4, -0.2) is 51.7 Å². The Morgan fingerprint density at radius 1 is 1.12 bits per heavy atom. The summed E-state index contributed by atoms with van der Waals surface area (Å²) in [5.74, 6) is 1.39. The van der Waals surface area contributed by atoms with Gasteiger partial charge in [0.15, 0.2) is 0 Å². The molecule has 5 nitrogen and oxygen atoms in total. The fraction of sp³-hybridized carbons (Fsp3) is 0.350. The van der Waals surface area contributed by atoms with E-state index in [4.69, 9.17) is 9.47 Å². The largest absolute Gasteiger partial charge is 0.492 e. The lowest BCUT2D eigenvalue weighted by molar-refractivity contribution is -0.119. The molecule has 0 aliphatic carbocycles. The molecule has 5 heteroatoms. The van der Waals surface area contributed by atoms with Crippen molar-refractivity contribution in [2.75, 3.05) is 45.8 Å². The van der Waals surface area contributed by atoms with Crippen molar-refractivity contribution in [2.45, 2.75) is 5.92 Å². The molecule has 3 rings (SSSR count). The molecule has 0 unspecified atom stereocenters. The third kappa shape index (κ3) is 3.94. The molecule has 0 radical (unpaired) electrons. The smallest absolute Gasteiger partial charge is 0.237 e. The van der Waals surface area contributed by atoms with Crippen LogP contribution in [0.5, 0.6) is 11.5 Å². The fourth-order valence-corrected chi connectivity index (χ4v) is 2.84. The zero-order chi connectivity index (χ0) is 17.8. The van der Waals surface area contributed by atoms with Crippen LogP contribution < -0.4 is 14.4 Å². The van der Waals surface area contributed by atoms with E-state index >= 15 is 0 Å². The molecule has 0 saturated carbocycles. The summed E-state index contributed by atoms with van der Waals surface area (Å²) in [5, 5.41) is 0. The van der Waals surface area contributed by atoms with Gasteiger partial charge in [0.25, 0.3) is 0 Å². The quantitative estimate of drug-likeness (QED) is 0.811. The van der Waals surface area contributed by atoms with Gasteiger partial charge in [-0.25, -0.2) is 0 Å². The van der Waals surface area contributed by atoms with Gasteiger partial charge in [0, 0.05) is 24.8 Å². The number of rotatable bonds is 6. The lowest BCUT2D eigenvalue weighted by Crippen LogP contribution is -2.32. The van der Waals surface area contributed by atoms with E-state index < -0.39 is 0 Å². The zero-order valence-corrected chi connectivity index (χ0v) is 14.9. The lowest BCUT2D eigenvalue weighted by Gasteiger charge is -2.21. The number of anilines is 1. The van der Waals surface area contributed by atoms with Crippen LogP contribution in [0, 0.1) is 0 Å². The van der Waals surface area contributed by atoms with Gasteiger partial charge < -0.3 is 19.3 Å². The van der Waals surface area contributed by atoms with Crippen LogP contribution in [-0.2, 0) is 4.79 Å². The van der Waals surface area contributed by atoms with Crippen LogP contribution >= 0.6 is 0 Å². The van der Waals surface area contributed by atoms with Crippen LogP contribution in [0.25, 0.3) is 0 Å². The Hall–Kier alpha value is -2.53. The van der Waals surface area contributed by atoms with Gasteiger partial charge in [-0.15, -0.1) is 0 Å². The number of carbonyl (C=O) groups is 1. The average Bonchev–Trinajstić information content (AvgIpc) is 3.05. The molecule has 132 valence electrons. The van der Waals surface area contributed by atoms with Crippen LogP contribution in [0.4, 0.5) is 5.69 Å². The van der Waals surface area contributed by atoms with Crippen molar-refractivity contribution >= 4 is 11.6 Å². The van der Waals surface area contributed by atoms with E-state index in [1.807, 2.05) is 62.6 Å². The van der Waals surface area contributed by atoms with Crippen LogP contribution in [0.3, 0.4) is 0 Å². The Kier molecular flexibility index (Phi) is 5.24. The molecule has 0 saturated heterocycles. The Bertz CT molecular complexity index is 728. The first kappa shape index (κ1) is 17.3. The van der Waals surface area contributed by atoms with Crippen molar-refractivity contribution in [1.29, 1.82) is 0 Å². The molecule has 1 heterocycles. The molecular weight excluding hydrogens is 316 g/mol. The highest BCUT2D eigenvalue weighted by molar-refractivity contribution is 5.98. The van der Waals surface area contributed by atoms with Gasteiger partial charge in [-0.1, -0.05) is 18.2 Å². The number of ether oxygens (including phenoxy) is 2. The minimum atomic E-state index is -0.253. The number of nitrogens with zero attached hydrogens (tertiary/aromatic N) is 2. The monoisotopic (exact) mass is 340 g/mol. The first-order valence-corrected chi connectivity index (χ1v) is 8.43. The van der Waals surface area contributed by atoms with Crippen LogP contribution in [0.2, 0.25) is 0 Å². The maximum Gasteiger partial charge on any atom is 0.237 e. The molecule has 2 aromatic rings. The minimum absolute atomic E-state index is 0.0335. The van der Waals surface area contributed by atoms with Crippen molar-refractivity contribution < 1.29 is 14.3 Å². The van der Waals surface area contributed by atoms with Gasteiger partial charge in [0.05, 0.1) is 0 Å². The molecule has 0 N–H and O–H groups in total. The van der Waals surface area contributed by atoms with Crippen molar-refractivity contribution in [3.05, 3.63) is 54.1 Å². The van der Waals surface area contributed by atoms with E-state index in [0.717, 1.165) is 29.3 Å². The highest BCUT2D eigenvalue weighted by Crippen LogP contribution is 2.35. The summed E-state index contributed by atoms with van der Waals surface area (Å²) in [6, 6.07) is 15.3. The molecule has 0 bridgehead atoms. The predicted molar refractivity (Wildman–Crippen MR) is 98.6 cm³/mol. The first-order chi connectivity index (χ1) is 12.1. The normalized spacial score (nSPS) is 15.6. The first-order valence-electron chi connectivity index (χ1n) is 8.43. The average molecular weight is 340 g/mol. The van der Waals surface area contributed by atoms with Gasteiger partial charge in [0.1, 0.15) is 30.6 Å². The van der Waals surface area contributed by atoms with Crippen LogP contribution in [0.1, 0.15) is 11.5 Å². The summed E-state index contributed by atoms with van der Waals surface area (Å²) in [4.78, 5) is 16.6. The fourth-order valence-electron chi connectivity index (χ4n) is 2.84. The van der Waals surface area contributed by atoms with E-state index in [2.05, 4.69) is 4.90 Å². The summed E-state index contributed by atoms with van der Waals surface area (Å²) < 4.78 is 11.3. The zero-order valence-electron chi connectivity index (χ0n) is 14.9. The SMILES string of the molecule is CN(C)CCOc1ccc(N(C)C(=O)[C@@H]2COc3ccccc32)cc1. The molecule has 0 fully saturated rings. The van der Waals surface area contributed by atoms with Gasteiger partial charge >= 0.3 is 0 Å². The molecule has 0 aromatic heterocycles. The molecular formula is C20H24N2O3. The third-order valence-corrected chi connectivity index (χ3v) is 4.36. The lowest BCUT2D eigenvalue weighted by atomic mass is 10.00. The number of amides is 1. The maximum absolute atomic E-state index is 12.8. The van der Waals surface area contributed by atoms with Crippen molar-refractivity contribution in [3.8, 4) is 11.5 Å². The molecule has 1 amide bonds. The summed E-state index contributed by atoms with van der Waals surface area (Å²) in [7, 11) is 5.82. The predicted octanol–water partition coefficient (Wildman–Crippen LogP) is 2.77. The molecule has 25 heavy (non-hydrogen) atoms. The van der Waals surface area contributed by atoms with Gasteiger partial charge in [-0.05, 0) is 44.4 Å². The van der Waals surface area contributed by atoms with Crippen molar-refractivity contribution in [1.82, 2.24) is 4.90 Å². The second-order valence-corrected chi connectivity index (χ2v) is 6.44. The number of carbonyl (C=O) groups excluding carboxylic acids is 1. The number of fused-ring (bicyclic) bond motifs is 1. The van der Waals surface area contributed by atoms with E-state index in [1.54, 1.807) is 11.9 Å². The molecule has 1 aliphatic rings. The molecule has 0 spiro atoms. The second-order valence-electron chi connectivity index (χ2n) is 6.44. The van der Waals surface area contributed by atoms with Gasteiger partial charge in [-0.3, -0.25) is 4.79 Å². The van der Waals surface area contributed by atoms with E-state index in [-0.39, 0.29) is 11.8 Å². The van der Waals surface area contributed by atoms with Crippen molar-refractivity contribution in [3.63, 3.8) is 0 Å². The summed E-state index contributed by atoms with van der Waals surface area (Å²) in [5.41, 5.74) is 1.80. The van der Waals surface area contributed by atoms with Crippen molar-refractivity contribution in [2.24, 2.45) is 0 Å². The number of benzene rings is 2. The van der Waals surface area contributed by atoms with E-state index in [9.17, 15) is 4.79 Å². The molecule has 2 aromatic carbocycles. The number of hydrogen-bond acceptors (Lipinski definition) is 4. The number of para-hydroxylation sites is 1. The molecule has 1 aliphatic heterocycles. The summed E-state index contributed by atoms with van der Waals surface area (Å²) in [6.07, 6.45) is 0. The van der Waals surface area contributed by atoms with E-state index in [0.29, 0.717) is 13.2 Å². The van der Waals surface area contributed by atoms with E-state index in [1.165, 1.54) is 0 Å². The highest BCUT2D eigenvalue weighted by atomic mass is 16.5. The number of hydrogen-bond donors (Lipinski definition) is 0. The Balaban J connectivity index is 1.65. The van der Waals surface area contributed by atoms with Gasteiger partial charge in [-0.2, -0.15) is 0 Å². The Morgan fingerprint density at radius 2 is 1.84 bits per heavy atom. The number of likely N-dealkylation sites (N-methyl/N-ethyl adjacent to an activating group) is 2. The second kappa shape index (κ2) is 7.57. The maximum atomic E-state index is 12.8. The third-order valence-electron chi connectivity index (χ3n) is 4.36. The Morgan fingerprint density at radius 3 is 2.56 bits per heavy atom. The minimum Gasteiger partial charge on any atom is -0.492 e. The topological polar surface area (TPSA) is 42.0 Å². The van der Waals surface area contributed by atoms with Gasteiger partial charge in [0.2, 0.25) is 5.91 Å². The highest BCUT2D eigenvalue weighted by Gasteiger charge is 2.32. The van der Waals surface area contributed by atoms with Crippen LogP contribution in [0.15, 0.2) is 48.5 Å². The standard InChI is InChI=1S/C20H24N2O3/c1-21(2)12-13-24-16-10-8-15(9-11-16)22(3)20(23)18-14-25-19-7-5-4-6-17(18)19/h4-11,18H,12-14H2,1-3H3/t18-/m1/s1. The summed E-state index contributed by atoms with van der Waals surface area (Å²) >= 11 is 0.